The zero-order valence-electron chi connectivity index (χ0n) is 18.9. The highest BCUT2D eigenvalue weighted by Crippen LogP contribution is 2.29. The highest BCUT2D eigenvalue weighted by molar-refractivity contribution is 7.99. The number of halogens is 1. The minimum atomic E-state index is -0.554. The molecule has 0 radical (unpaired) electrons. The number of nitrogens with zero attached hydrogens (tertiary/aromatic N) is 4. The number of anilines is 1. The van der Waals surface area contributed by atoms with Crippen molar-refractivity contribution in [3.63, 3.8) is 0 Å². The summed E-state index contributed by atoms with van der Waals surface area (Å²) in [4.78, 5) is 22.9. The van der Waals surface area contributed by atoms with Gasteiger partial charge in [-0.2, -0.15) is 0 Å². The first kappa shape index (κ1) is 25.3. The maximum atomic E-state index is 12.5. The number of hydrogen-bond donors (Lipinski definition) is 1. The molecule has 0 aliphatic heterocycles. The summed E-state index contributed by atoms with van der Waals surface area (Å²) in [6.07, 6.45) is 1.32. The van der Waals surface area contributed by atoms with Crippen LogP contribution in [0.1, 0.15) is 30.0 Å². The number of benzene rings is 2. The Balaban J connectivity index is 1.71. The summed E-state index contributed by atoms with van der Waals surface area (Å²) in [6, 6.07) is 9.72. The van der Waals surface area contributed by atoms with E-state index in [9.17, 15) is 14.9 Å². The van der Waals surface area contributed by atoms with E-state index in [1.165, 1.54) is 30.0 Å². The Morgan fingerprint density at radius 2 is 2.12 bits per heavy atom. The lowest BCUT2D eigenvalue weighted by atomic mass is 10.1. The van der Waals surface area contributed by atoms with Gasteiger partial charge in [0.15, 0.2) is 17.1 Å². The summed E-state index contributed by atoms with van der Waals surface area (Å²) in [7, 11) is 0. The van der Waals surface area contributed by atoms with Crippen LogP contribution in [0.4, 0.5) is 11.4 Å². The van der Waals surface area contributed by atoms with Crippen LogP contribution in [0.15, 0.2) is 54.2 Å². The van der Waals surface area contributed by atoms with Gasteiger partial charge in [0.2, 0.25) is 5.91 Å². The van der Waals surface area contributed by atoms with Crippen molar-refractivity contribution in [2.45, 2.75) is 38.6 Å². The van der Waals surface area contributed by atoms with Crippen LogP contribution in [0, 0.1) is 24.0 Å². The highest BCUT2D eigenvalue weighted by atomic mass is 35.5. The van der Waals surface area contributed by atoms with Crippen molar-refractivity contribution in [3.05, 3.63) is 81.1 Å². The van der Waals surface area contributed by atoms with Crippen LogP contribution in [0.25, 0.3) is 0 Å². The van der Waals surface area contributed by atoms with Gasteiger partial charge >= 0.3 is 0 Å². The smallest absolute Gasteiger partial charge is 0.271 e. The summed E-state index contributed by atoms with van der Waals surface area (Å²) in [5.74, 6) is 0.982. The van der Waals surface area contributed by atoms with Crippen molar-refractivity contribution in [2.24, 2.45) is 0 Å². The fourth-order valence-corrected chi connectivity index (χ4v) is 4.06. The number of nitro benzene ring substituents is 1. The molecule has 1 atom stereocenters. The zero-order chi connectivity index (χ0) is 24.8. The molecule has 34 heavy (non-hydrogen) atoms. The van der Waals surface area contributed by atoms with E-state index >= 15 is 0 Å². The van der Waals surface area contributed by atoms with Crippen molar-refractivity contribution >= 4 is 40.6 Å². The van der Waals surface area contributed by atoms with Crippen LogP contribution in [-0.4, -0.2) is 31.3 Å². The molecule has 1 heterocycles. The number of aromatic nitrogens is 3. The third kappa shape index (κ3) is 5.95. The van der Waals surface area contributed by atoms with E-state index in [0.717, 1.165) is 16.9 Å². The molecule has 0 fully saturated rings. The molecule has 11 heteroatoms. The van der Waals surface area contributed by atoms with E-state index in [4.69, 9.17) is 16.3 Å². The molecule has 2 aromatic carbocycles. The molecule has 0 bridgehead atoms. The normalized spacial score (nSPS) is 11.6. The molecule has 0 saturated heterocycles. The molecule has 3 aromatic rings. The lowest BCUT2D eigenvalue weighted by Gasteiger charge is -2.18. The van der Waals surface area contributed by atoms with E-state index in [1.54, 1.807) is 6.08 Å². The Morgan fingerprint density at radius 3 is 2.82 bits per heavy atom. The van der Waals surface area contributed by atoms with Gasteiger partial charge in [0.25, 0.3) is 5.69 Å². The van der Waals surface area contributed by atoms with Gasteiger partial charge in [0, 0.05) is 18.7 Å². The summed E-state index contributed by atoms with van der Waals surface area (Å²) in [5.41, 5.74) is 2.18. The van der Waals surface area contributed by atoms with Gasteiger partial charge in [-0.25, -0.2) is 0 Å². The number of carbonyl (C=O) groups is 1. The standard InChI is InChI=1S/C23H24ClN5O4S/c1-5-11-28-22(16(4)33-20-8-6-7-14(2)15(20)3)26-27-23(28)34-13-21(30)25-19-12-17(29(31)32)9-10-18(19)24/h5-10,12,16H,1,11,13H2,2-4H3,(H,25,30). The largest absolute Gasteiger partial charge is 0.482 e. The molecule has 0 aliphatic carbocycles. The van der Waals surface area contributed by atoms with Crippen LogP contribution in [-0.2, 0) is 11.3 Å². The van der Waals surface area contributed by atoms with Crippen LogP contribution in [0.3, 0.4) is 0 Å². The van der Waals surface area contributed by atoms with Crippen molar-refractivity contribution in [2.75, 3.05) is 11.1 Å². The molecule has 0 aliphatic rings. The first-order valence-electron chi connectivity index (χ1n) is 10.3. The topological polar surface area (TPSA) is 112 Å². The van der Waals surface area contributed by atoms with E-state index < -0.39 is 4.92 Å². The monoisotopic (exact) mass is 501 g/mol. The number of nitrogens with one attached hydrogen (secondary N) is 1. The fraction of sp³-hybridized carbons (Fsp3) is 0.261. The molecule has 0 spiro atoms. The number of ether oxygens (including phenoxy) is 1. The molecule has 3 rings (SSSR count). The first-order valence-corrected chi connectivity index (χ1v) is 11.7. The van der Waals surface area contributed by atoms with Crippen LogP contribution < -0.4 is 10.1 Å². The van der Waals surface area contributed by atoms with E-state index in [2.05, 4.69) is 22.1 Å². The molecular formula is C23H24ClN5O4S. The number of amides is 1. The second-order valence-electron chi connectivity index (χ2n) is 7.46. The number of allylic oxidation sites excluding steroid dienone is 1. The van der Waals surface area contributed by atoms with Crippen molar-refractivity contribution in [3.8, 4) is 5.75 Å². The highest BCUT2D eigenvalue weighted by Gasteiger charge is 2.21. The molecule has 9 nitrogen and oxygen atoms in total. The number of non-ortho nitro benzene ring substituents is 1. The summed E-state index contributed by atoms with van der Waals surface area (Å²) in [5, 5.41) is 22.8. The average Bonchev–Trinajstić information content (AvgIpc) is 3.19. The Hall–Kier alpha value is -3.37. The number of carbonyl (C=O) groups excluding carboxylic acids is 1. The lowest BCUT2D eigenvalue weighted by molar-refractivity contribution is -0.384. The van der Waals surface area contributed by atoms with Gasteiger partial charge in [-0.05, 0) is 44.0 Å². The van der Waals surface area contributed by atoms with Crippen molar-refractivity contribution in [1.82, 2.24) is 14.8 Å². The predicted octanol–water partition coefficient (Wildman–Crippen LogP) is 5.51. The number of aryl methyl sites for hydroxylation is 1. The Kier molecular flexibility index (Phi) is 8.30. The Bertz CT molecular complexity index is 1230. The lowest BCUT2D eigenvalue weighted by Crippen LogP contribution is -2.16. The van der Waals surface area contributed by atoms with Gasteiger partial charge in [0.05, 0.1) is 21.4 Å². The van der Waals surface area contributed by atoms with Gasteiger partial charge in [-0.1, -0.05) is 41.6 Å². The average molecular weight is 502 g/mol. The summed E-state index contributed by atoms with van der Waals surface area (Å²) < 4.78 is 7.98. The SMILES string of the molecule is C=CCn1c(SCC(=O)Nc2cc([N+](=O)[O-])ccc2Cl)nnc1C(C)Oc1cccc(C)c1C. The second-order valence-corrected chi connectivity index (χ2v) is 8.81. The molecule has 1 aromatic heterocycles. The molecule has 1 unspecified atom stereocenters. The molecular weight excluding hydrogens is 478 g/mol. The van der Waals surface area contributed by atoms with Crippen molar-refractivity contribution < 1.29 is 14.5 Å². The van der Waals surface area contributed by atoms with Gasteiger partial charge in [-0.15, -0.1) is 16.8 Å². The van der Waals surface area contributed by atoms with Gasteiger partial charge < -0.3 is 10.1 Å². The maximum Gasteiger partial charge on any atom is 0.271 e. The quantitative estimate of drug-likeness (QED) is 0.168. The number of thioether (sulfide) groups is 1. The minimum Gasteiger partial charge on any atom is -0.482 e. The Morgan fingerprint density at radius 1 is 1.35 bits per heavy atom. The predicted molar refractivity (Wildman–Crippen MR) is 133 cm³/mol. The zero-order valence-corrected chi connectivity index (χ0v) is 20.5. The molecule has 1 N–H and O–H groups in total. The molecule has 178 valence electrons. The van der Waals surface area contributed by atoms with Gasteiger partial charge in [-0.3, -0.25) is 19.5 Å². The Labute approximate surface area is 206 Å². The molecule has 0 saturated carbocycles. The first-order chi connectivity index (χ1) is 16.2. The van der Waals surface area contributed by atoms with E-state index in [-0.39, 0.29) is 34.2 Å². The molecule has 1 amide bonds. The number of rotatable bonds is 10. The van der Waals surface area contributed by atoms with Crippen LogP contribution in [0.5, 0.6) is 5.75 Å². The number of nitro groups is 1. The third-order valence-electron chi connectivity index (χ3n) is 5.05. The fourth-order valence-electron chi connectivity index (χ4n) is 3.14. The van der Waals surface area contributed by atoms with Crippen LogP contribution in [0.2, 0.25) is 5.02 Å². The van der Waals surface area contributed by atoms with Crippen molar-refractivity contribution in [1.29, 1.82) is 0 Å². The maximum absolute atomic E-state index is 12.5. The minimum absolute atomic E-state index is 0.000519. The second kappa shape index (κ2) is 11.2. The van der Waals surface area contributed by atoms with E-state index in [0.29, 0.717) is 17.5 Å². The van der Waals surface area contributed by atoms with Gasteiger partial charge in [0.1, 0.15) is 5.75 Å². The van der Waals surface area contributed by atoms with E-state index in [1.807, 2.05) is 43.5 Å². The summed E-state index contributed by atoms with van der Waals surface area (Å²) in [6.45, 7) is 10.1. The van der Waals surface area contributed by atoms with Crippen LogP contribution >= 0.6 is 23.4 Å². The third-order valence-corrected chi connectivity index (χ3v) is 6.34. The summed E-state index contributed by atoms with van der Waals surface area (Å²) >= 11 is 7.24. The number of hydrogen-bond acceptors (Lipinski definition) is 7.